The summed E-state index contributed by atoms with van der Waals surface area (Å²) in [5, 5.41) is 4.73. The Morgan fingerprint density at radius 2 is 2.08 bits per heavy atom. The molecule has 3 rings (SSSR count). The average molecular weight is 372 g/mol. The number of benzene rings is 1. The van der Waals surface area contributed by atoms with Crippen molar-refractivity contribution in [2.45, 2.75) is 32.3 Å². The Hall–Kier alpha value is -2.67. The smallest absolute Gasteiger partial charge is 0.306 e. The number of thiophene rings is 1. The van der Waals surface area contributed by atoms with Gasteiger partial charge in [0.1, 0.15) is 6.54 Å². The van der Waals surface area contributed by atoms with Crippen LogP contribution in [-0.2, 0) is 25.5 Å². The molecule has 0 radical (unpaired) electrons. The summed E-state index contributed by atoms with van der Waals surface area (Å²) in [6, 6.07) is 11.1. The molecule has 0 aliphatic carbocycles. The van der Waals surface area contributed by atoms with Crippen LogP contribution in [-0.4, -0.2) is 30.4 Å². The van der Waals surface area contributed by atoms with E-state index < -0.39 is 18.0 Å². The number of nitrogens with one attached hydrogen (secondary N) is 1. The van der Waals surface area contributed by atoms with Gasteiger partial charge >= 0.3 is 5.97 Å². The second-order valence-electron chi connectivity index (χ2n) is 6.05. The van der Waals surface area contributed by atoms with E-state index in [1.54, 1.807) is 35.6 Å². The number of rotatable bonds is 6. The summed E-state index contributed by atoms with van der Waals surface area (Å²) in [7, 11) is 0. The predicted octanol–water partition coefficient (Wildman–Crippen LogP) is 2.99. The number of fused-ring (bicyclic) bond motifs is 1. The fourth-order valence-electron chi connectivity index (χ4n) is 2.82. The van der Waals surface area contributed by atoms with Gasteiger partial charge in [-0.25, -0.2) is 0 Å². The zero-order chi connectivity index (χ0) is 18.5. The SMILES string of the molecule is C[C@@H](OC(=O)CCCc1cccs1)C(=O)N1CC(=O)Nc2ccccc21. The average Bonchev–Trinajstić information content (AvgIpc) is 3.13. The molecular weight excluding hydrogens is 352 g/mol. The first kappa shape index (κ1) is 18.1. The highest BCUT2D eigenvalue weighted by Crippen LogP contribution is 2.29. The molecule has 1 aliphatic heterocycles. The Morgan fingerprint density at radius 1 is 1.27 bits per heavy atom. The van der Waals surface area contributed by atoms with Gasteiger partial charge in [0.25, 0.3) is 5.91 Å². The molecule has 1 N–H and O–H groups in total. The molecule has 0 saturated carbocycles. The molecule has 0 saturated heterocycles. The van der Waals surface area contributed by atoms with Gasteiger partial charge < -0.3 is 10.1 Å². The number of anilines is 2. The number of ether oxygens (including phenoxy) is 1. The molecule has 0 spiro atoms. The van der Waals surface area contributed by atoms with Gasteiger partial charge in [-0.05, 0) is 43.3 Å². The summed E-state index contributed by atoms with van der Waals surface area (Å²) < 4.78 is 5.28. The lowest BCUT2D eigenvalue weighted by Gasteiger charge is -2.30. The molecule has 0 bridgehead atoms. The molecule has 0 unspecified atom stereocenters. The molecule has 1 atom stereocenters. The van der Waals surface area contributed by atoms with Crippen molar-refractivity contribution in [2.24, 2.45) is 0 Å². The predicted molar refractivity (Wildman–Crippen MR) is 100 cm³/mol. The number of aryl methyl sites for hydroxylation is 1. The zero-order valence-corrected chi connectivity index (χ0v) is 15.3. The first-order valence-electron chi connectivity index (χ1n) is 8.46. The molecule has 0 fully saturated rings. The van der Waals surface area contributed by atoms with Crippen LogP contribution in [0.15, 0.2) is 41.8 Å². The van der Waals surface area contributed by atoms with Crippen LogP contribution in [0.5, 0.6) is 0 Å². The first-order valence-corrected chi connectivity index (χ1v) is 9.34. The van der Waals surface area contributed by atoms with E-state index in [0.29, 0.717) is 17.8 Å². The minimum absolute atomic E-state index is 0.0872. The molecule has 26 heavy (non-hydrogen) atoms. The maximum Gasteiger partial charge on any atom is 0.306 e. The van der Waals surface area contributed by atoms with Gasteiger partial charge in [-0.1, -0.05) is 18.2 Å². The molecule has 136 valence electrons. The maximum atomic E-state index is 12.7. The van der Waals surface area contributed by atoms with Crippen LogP contribution in [0.4, 0.5) is 11.4 Å². The quantitative estimate of drug-likeness (QED) is 0.791. The van der Waals surface area contributed by atoms with Crippen molar-refractivity contribution in [3.63, 3.8) is 0 Å². The number of para-hydroxylation sites is 2. The van der Waals surface area contributed by atoms with Crippen molar-refractivity contribution >= 4 is 40.5 Å². The Labute approximate surface area is 155 Å². The lowest BCUT2D eigenvalue weighted by molar-refractivity contribution is -0.154. The van der Waals surface area contributed by atoms with E-state index in [1.165, 1.54) is 16.7 Å². The van der Waals surface area contributed by atoms with Crippen LogP contribution in [0.1, 0.15) is 24.6 Å². The molecule has 2 amide bonds. The number of carbonyl (C=O) groups is 3. The second-order valence-corrected chi connectivity index (χ2v) is 7.09. The van der Waals surface area contributed by atoms with Crippen molar-refractivity contribution in [1.82, 2.24) is 0 Å². The Balaban J connectivity index is 1.56. The maximum absolute atomic E-state index is 12.7. The topological polar surface area (TPSA) is 75.7 Å². The van der Waals surface area contributed by atoms with Crippen LogP contribution in [0.2, 0.25) is 0 Å². The fourth-order valence-corrected chi connectivity index (χ4v) is 3.57. The molecule has 7 heteroatoms. The molecule has 2 heterocycles. The minimum atomic E-state index is -0.941. The van der Waals surface area contributed by atoms with Gasteiger partial charge in [-0.15, -0.1) is 11.3 Å². The van der Waals surface area contributed by atoms with Crippen LogP contribution < -0.4 is 10.2 Å². The normalized spacial score (nSPS) is 14.3. The van der Waals surface area contributed by atoms with Crippen molar-refractivity contribution in [3.05, 3.63) is 46.7 Å². The van der Waals surface area contributed by atoms with Gasteiger partial charge in [-0.2, -0.15) is 0 Å². The summed E-state index contributed by atoms with van der Waals surface area (Å²) in [5.41, 5.74) is 1.18. The lowest BCUT2D eigenvalue weighted by atomic mass is 10.1. The van der Waals surface area contributed by atoms with E-state index >= 15 is 0 Å². The van der Waals surface area contributed by atoms with E-state index in [9.17, 15) is 14.4 Å². The Bertz CT molecular complexity index is 804. The summed E-state index contributed by atoms with van der Waals surface area (Å²) in [6.45, 7) is 1.45. The second kappa shape index (κ2) is 8.14. The van der Waals surface area contributed by atoms with Gasteiger partial charge in [0.2, 0.25) is 5.91 Å². The molecule has 2 aromatic rings. The Kier molecular flexibility index (Phi) is 5.68. The monoisotopic (exact) mass is 372 g/mol. The highest BCUT2D eigenvalue weighted by molar-refractivity contribution is 7.09. The summed E-state index contributed by atoms with van der Waals surface area (Å²) in [5.74, 6) is -1.08. The Morgan fingerprint density at radius 3 is 2.85 bits per heavy atom. The van der Waals surface area contributed by atoms with Crippen LogP contribution in [0, 0.1) is 0 Å². The zero-order valence-electron chi connectivity index (χ0n) is 14.4. The van der Waals surface area contributed by atoms with Crippen molar-refractivity contribution in [3.8, 4) is 0 Å². The molecule has 1 aliphatic rings. The molecule has 1 aromatic heterocycles. The third kappa shape index (κ3) is 4.29. The molecular formula is C19H20N2O4S. The van der Waals surface area contributed by atoms with Gasteiger partial charge in [0.15, 0.2) is 6.10 Å². The largest absolute Gasteiger partial charge is 0.453 e. The van der Waals surface area contributed by atoms with Crippen molar-refractivity contribution < 1.29 is 19.1 Å². The highest BCUT2D eigenvalue weighted by Gasteiger charge is 2.31. The summed E-state index contributed by atoms with van der Waals surface area (Å²) >= 11 is 1.66. The van der Waals surface area contributed by atoms with E-state index in [-0.39, 0.29) is 18.9 Å². The number of amides is 2. The summed E-state index contributed by atoms with van der Waals surface area (Å²) in [6.07, 6.45) is 0.805. The number of esters is 1. The minimum Gasteiger partial charge on any atom is -0.453 e. The van der Waals surface area contributed by atoms with Gasteiger partial charge in [0.05, 0.1) is 11.4 Å². The van der Waals surface area contributed by atoms with Gasteiger partial charge in [0, 0.05) is 11.3 Å². The number of hydrogen-bond acceptors (Lipinski definition) is 5. The summed E-state index contributed by atoms with van der Waals surface area (Å²) in [4.78, 5) is 39.1. The first-order chi connectivity index (χ1) is 12.5. The molecule has 1 aromatic carbocycles. The third-order valence-electron chi connectivity index (χ3n) is 4.08. The van der Waals surface area contributed by atoms with E-state index in [4.69, 9.17) is 4.74 Å². The van der Waals surface area contributed by atoms with Crippen molar-refractivity contribution in [2.75, 3.05) is 16.8 Å². The van der Waals surface area contributed by atoms with E-state index in [0.717, 1.165) is 6.42 Å². The number of nitrogens with zero attached hydrogens (tertiary/aromatic N) is 1. The fraction of sp³-hybridized carbons (Fsp3) is 0.316. The number of hydrogen-bond donors (Lipinski definition) is 1. The van der Waals surface area contributed by atoms with E-state index in [1.807, 2.05) is 17.5 Å². The number of carbonyl (C=O) groups excluding carboxylic acids is 3. The lowest BCUT2D eigenvalue weighted by Crippen LogP contribution is -2.47. The van der Waals surface area contributed by atoms with Crippen LogP contribution in [0.3, 0.4) is 0 Å². The van der Waals surface area contributed by atoms with Gasteiger partial charge in [-0.3, -0.25) is 19.3 Å². The van der Waals surface area contributed by atoms with E-state index in [2.05, 4.69) is 5.32 Å². The van der Waals surface area contributed by atoms with Crippen LogP contribution in [0.25, 0.3) is 0 Å². The van der Waals surface area contributed by atoms with Crippen LogP contribution >= 0.6 is 11.3 Å². The highest BCUT2D eigenvalue weighted by atomic mass is 32.1. The molecule has 6 nitrogen and oxygen atoms in total. The third-order valence-corrected chi connectivity index (χ3v) is 5.01. The standard InChI is InChI=1S/C19H20N2O4S/c1-13(25-18(23)10-4-6-14-7-5-11-26-14)19(24)21-12-17(22)20-15-8-2-3-9-16(15)21/h2-3,5,7-9,11,13H,4,6,10,12H2,1H3,(H,20,22)/t13-/m1/s1. The van der Waals surface area contributed by atoms with Crippen molar-refractivity contribution in [1.29, 1.82) is 0 Å².